The van der Waals surface area contributed by atoms with Crippen molar-refractivity contribution in [2.75, 3.05) is 5.32 Å². The van der Waals surface area contributed by atoms with E-state index in [4.69, 9.17) is 34.8 Å². The molecule has 0 unspecified atom stereocenters. The van der Waals surface area contributed by atoms with Crippen LogP contribution in [-0.4, -0.2) is 42.5 Å². The minimum atomic E-state index is -3.05. The number of nitrogens with two attached hydrogens (primary N) is 2. The van der Waals surface area contributed by atoms with Crippen LogP contribution < -0.4 is 22.5 Å². The van der Waals surface area contributed by atoms with Gasteiger partial charge in [-0.15, -0.1) is 0 Å². The molecule has 0 aliphatic carbocycles. The van der Waals surface area contributed by atoms with Gasteiger partial charge in [-0.1, -0.05) is 36.5 Å². The number of aromatic nitrogens is 4. The van der Waals surface area contributed by atoms with Crippen LogP contribution in [0.25, 0.3) is 22.5 Å². The number of benzene rings is 2. The van der Waals surface area contributed by atoms with Gasteiger partial charge in [0.2, 0.25) is 11.8 Å². The minimum absolute atomic E-state index is 0.0148. The van der Waals surface area contributed by atoms with Crippen molar-refractivity contribution in [2.24, 2.45) is 27.6 Å². The highest BCUT2D eigenvalue weighted by Crippen LogP contribution is 2.37. The smallest absolute Gasteiger partial charge is 0.333 e. The first-order valence-corrected chi connectivity index (χ1v) is 14.7. The third kappa shape index (κ3) is 6.82. The van der Waals surface area contributed by atoms with Crippen molar-refractivity contribution in [3.63, 3.8) is 0 Å². The lowest BCUT2D eigenvalue weighted by atomic mass is 9.92. The number of carbonyl (C=O) groups excluding carboxylic acids is 2. The average molecular weight is 671 g/mol. The summed E-state index contributed by atoms with van der Waals surface area (Å²) >= 11 is 12.1. The van der Waals surface area contributed by atoms with Crippen molar-refractivity contribution in [3.05, 3.63) is 81.5 Å². The zero-order valence-corrected chi connectivity index (χ0v) is 25.7. The predicted octanol–water partition coefficient (Wildman–Crippen LogP) is 5.48. The molecule has 2 atom stereocenters. The second-order valence-electron chi connectivity index (χ2n) is 10.6. The zero-order chi connectivity index (χ0) is 33.1. The summed E-state index contributed by atoms with van der Waals surface area (Å²) in [6.45, 7) is -1.33. The second kappa shape index (κ2) is 13.6. The lowest BCUT2D eigenvalue weighted by molar-refractivity contribution is -0.119. The Morgan fingerprint density at radius 3 is 2.65 bits per heavy atom. The Bertz CT molecular complexity index is 1940. The number of halogens is 4. The number of nitrogens with one attached hydrogen (secondary N) is 1. The third-order valence-electron chi connectivity index (χ3n) is 7.54. The summed E-state index contributed by atoms with van der Waals surface area (Å²) < 4.78 is 30.0. The van der Waals surface area contributed by atoms with Crippen LogP contribution in [0.3, 0.4) is 0 Å². The van der Waals surface area contributed by atoms with E-state index in [-0.39, 0.29) is 39.3 Å². The number of hydrogen-bond acceptors (Lipinski definition) is 8. The molecule has 0 radical (unpaired) electrons. The summed E-state index contributed by atoms with van der Waals surface area (Å²) in [6.07, 6.45) is 4.95. The number of nitrogens with zero attached hydrogens (tertiary/aromatic N) is 6. The quantitative estimate of drug-likeness (QED) is 0.139. The van der Waals surface area contributed by atoms with Gasteiger partial charge in [0.1, 0.15) is 0 Å². The molecule has 0 saturated heterocycles. The number of amides is 2. The van der Waals surface area contributed by atoms with Gasteiger partial charge in [0.15, 0.2) is 5.17 Å². The summed E-state index contributed by atoms with van der Waals surface area (Å²) in [5.74, 6) is 3.49. The van der Waals surface area contributed by atoms with Crippen LogP contribution in [0.15, 0.2) is 69.9 Å². The van der Waals surface area contributed by atoms with E-state index in [1.165, 1.54) is 35.3 Å². The fourth-order valence-corrected chi connectivity index (χ4v) is 5.48. The number of primary amides is 1. The van der Waals surface area contributed by atoms with Gasteiger partial charge < -0.3 is 16.9 Å². The van der Waals surface area contributed by atoms with Crippen LogP contribution in [0.1, 0.15) is 54.7 Å². The Labute approximate surface area is 270 Å². The number of anilines is 1. The summed E-state index contributed by atoms with van der Waals surface area (Å²) in [5, 5.41) is 10.1. The number of alkyl halides is 2. The van der Waals surface area contributed by atoms with E-state index in [0.29, 0.717) is 45.8 Å². The molecule has 238 valence electrons. The van der Waals surface area contributed by atoms with Crippen LogP contribution >= 0.6 is 23.2 Å². The Balaban J connectivity index is 1.67. The lowest BCUT2D eigenvalue weighted by Gasteiger charge is -2.24. The predicted molar refractivity (Wildman–Crippen MR) is 172 cm³/mol. The number of rotatable bonds is 6. The van der Waals surface area contributed by atoms with Crippen molar-refractivity contribution in [3.8, 4) is 22.5 Å². The van der Waals surface area contributed by atoms with Crippen molar-refractivity contribution < 1.29 is 18.4 Å². The van der Waals surface area contributed by atoms with Gasteiger partial charge >= 0.3 is 6.55 Å². The molecule has 2 aromatic heterocycles. The fourth-order valence-electron chi connectivity index (χ4n) is 5.26. The molecule has 1 aliphatic heterocycles. The van der Waals surface area contributed by atoms with Crippen molar-refractivity contribution in [1.29, 1.82) is 0 Å². The zero-order valence-electron chi connectivity index (χ0n) is 24.2. The first-order valence-electron chi connectivity index (χ1n) is 13.9. The minimum Gasteiger partial charge on any atom is -0.366 e. The molecule has 0 saturated carbocycles. The standard InChI is InChI=1S/C30H27Cl2F2N9O3/c1-15-3-2-4-24(42-14-38-22(11-26(42)44)20-10-19(31)5-6-21(20)37-13-25(32)41-36)16-7-17(9-18(8-16)28(35)45)27-23(40-29(15)46)12-39-43(27)30(33)34/h5-15,24,30H,2-4,36H2,1H3,(H2,35,45)(H,40,46)/t15-,24+/m1/s1. The van der Waals surface area contributed by atoms with E-state index < -0.39 is 30.0 Å². The van der Waals surface area contributed by atoms with Crippen LogP contribution in [0.4, 0.5) is 20.2 Å². The molecule has 3 heterocycles. The Kier molecular flexibility index (Phi) is 9.58. The molecule has 46 heavy (non-hydrogen) atoms. The molecular formula is C30H27Cl2F2N9O3. The first kappa shape index (κ1) is 32.4. The molecule has 1 aliphatic rings. The fraction of sp³-hybridized carbons (Fsp3) is 0.233. The molecule has 4 aromatic rings. The molecule has 5 rings (SSSR count). The van der Waals surface area contributed by atoms with Gasteiger partial charge in [0.25, 0.3) is 5.56 Å². The van der Waals surface area contributed by atoms with Crippen LogP contribution in [-0.2, 0) is 4.79 Å². The van der Waals surface area contributed by atoms with E-state index in [9.17, 15) is 23.2 Å². The van der Waals surface area contributed by atoms with Crippen molar-refractivity contribution in [2.45, 2.75) is 38.8 Å². The van der Waals surface area contributed by atoms with Gasteiger partial charge in [0.05, 0.1) is 47.5 Å². The SMILES string of the molecule is C[C@@H]1CCC[C@H](n2cnc(-c3cc(Cl)ccc3N=CC(Cl)=NN)cc2=O)c2cc(C(N)=O)cc(c2)-c2c(cnn2C(F)F)NC1=O. The molecule has 5 N–H and O–H groups in total. The highest BCUT2D eigenvalue weighted by molar-refractivity contribution is 6.79. The van der Waals surface area contributed by atoms with Crippen LogP contribution in [0.2, 0.25) is 5.02 Å². The average Bonchev–Trinajstić information content (AvgIpc) is 3.45. The Morgan fingerprint density at radius 1 is 1.17 bits per heavy atom. The normalized spacial score (nSPS) is 17.3. The Hall–Kier alpha value is -4.95. The molecule has 2 amide bonds. The van der Waals surface area contributed by atoms with E-state index in [1.54, 1.807) is 31.2 Å². The van der Waals surface area contributed by atoms with Crippen LogP contribution in [0.5, 0.6) is 0 Å². The highest BCUT2D eigenvalue weighted by atomic mass is 35.5. The molecule has 0 fully saturated rings. The van der Waals surface area contributed by atoms with Crippen LogP contribution in [0, 0.1) is 5.92 Å². The monoisotopic (exact) mass is 669 g/mol. The molecular weight excluding hydrogens is 643 g/mol. The first-order chi connectivity index (χ1) is 22.0. The van der Waals surface area contributed by atoms with Gasteiger partial charge in [-0.2, -0.15) is 19.0 Å². The highest BCUT2D eigenvalue weighted by Gasteiger charge is 2.27. The van der Waals surface area contributed by atoms with Gasteiger partial charge in [-0.25, -0.2) is 9.67 Å². The summed E-state index contributed by atoms with van der Waals surface area (Å²) in [6, 6.07) is 9.82. The van der Waals surface area contributed by atoms with E-state index >= 15 is 0 Å². The number of aliphatic imine (C=N–C) groups is 1. The van der Waals surface area contributed by atoms with E-state index in [2.05, 4.69) is 25.5 Å². The largest absolute Gasteiger partial charge is 0.366 e. The maximum Gasteiger partial charge on any atom is 0.333 e. The Morgan fingerprint density at radius 2 is 1.96 bits per heavy atom. The maximum absolute atomic E-state index is 14.1. The molecule has 16 heteroatoms. The maximum atomic E-state index is 14.1. The molecule has 2 bridgehead atoms. The molecule has 12 nitrogen and oxygen atoms in total. The van der Waals surface area contributed by atoms with Crippen molar-refractivity contribution >= 4 is 57.8 Å². The van der Waals surface area contributed by atoms with Gasteiger partial charge in [-0.05, 0) is 54.8 Å². The number of hydrazone groups is 1. The van der Waals surface area contributed by atoms with Crippen molar-refractivity contribution in [1.82, 2.24) is 19.3 Å². The summed E-state index contributed by atoms with van der Waals surface area (Å²) in [4.78, 5) is 48.0. The lowest BCUT2D eigenvalue weighted by Crippen LogP contribution is -2.27. The molecule has 2 aromatic carbocycles. The third-order valence-corrected chi connectivity index (χ3v) is 7.97. The number of carbonyl (C=O) groups is 2. The molecule has 0 spiro atoms. The second-order valence-corrected chi connectivity index (χ2v) is 11.4. The van der Waals surface area contributed by atoms with Gasteiger partial charge in [0, 0.05) is 33.7 Å². The summed E-state index contributed by atoms with van der Waals surface area (Å²) in [5.41, 5.74) is 6.80. The number of hydrogen-bond donors (Lipinski definition) is 3. The summed E-state index contributed by atoms with van der Waals surface area (Å²) in [7, 11) is 0. The topological polar surface area (TPSA) is 176 Å². The van der Waals surface area contributed by atoms with E-state index in [0.717, 1.165) is 6.20 Å². The number of fused-ring (bicyclic) bond motifs is 4. The van der Waals surface area contributed by atoms with E-state index in [1.807, 2.05) is 0 Å². The van der Waals surface area contributed by atoms with Gasteiger partial charge in [-0.3, -0.25) is 23.9 Å².